The van der Waals surface area contributed by atoms with Gasteiger partial charge in [0.25, 0.3) is 0 Å². The molecule has 0 saturated carbocycles. The van der Waals surface area contributed by atoms with Crippen molar-refractivity contribution in [3.63, 3.8) is 0 Å². The first-order valence-electron chi connectivity index (χ1n) is 8.72. The van der Waals surface area contributed by atoms with Gasteiger partial charge in [-0.15, -0.1) is 0 Å². The Kier molecular flexibility index (Phi) is 7.03. The minimum Gasteiger partial charge on any atom is -0.350 e. The highest BCUT2D eigenvalue weighted by Gasteiger charge is 2.20. The summed E-state index contributed by atoms with van der Waals surface area (Å²) in [5.74, 6) is -0.234. The minimum atomic E-state index is -3.67. The lowest BCUT2D eigenvalue weighted by atomic mass is 10.1. The molecule has 27 heavy (non-hydrogen) atoms. The van der Waals surface area contributed by atoms with E-state index in [4.69, 9.17) is 11.6 Å². The largest absolute Gasteiger partial charge is 0.350 e. The Morgan fingerprint density at radius 2 is 1.74 bits per heavy atom. The first-order valence-corrected chi connectivity index (χ1v) is 10.6. The Bertz CT molecular complexity index is 919. The Balaban J connectivity index is 1.94. The van der Waals surface area contributed by atoms with Crippen LogP contribution in [0.3, 0.4) is 0 Å². The standard InChI is InChI=1S/C20H25ClN2O3S/c1-13-10-14(2)20(15(3)11-13)27(25,26)22-9-8-19(24)23-16(4)17-6-5-7-18(21)12-17/h5-7,10-12,16,22H,8-9H2,1-4H3,(H,23,24). The second kappa shape index (κ2) is 8.87. The summed E-state index contributed by atoms with van der Waals surface area (Å²) in [6, 6.07) is 10.7. The number of hydrogen-bond acceptors (Lipinski definition) is 3. The first-order chi connectivity index (χ1) is 12.6. The van der Waals surface area contributed by atoms with Crippen molar-refractivity contribution in [2.24, 2.45) is 0 Å². The van der Waals surface area contributed by atoms with Crippen LogP contribution in [0, 0.1) is 20.8 Å². The summed E-state index contributed by atoms with van der Waals surface area (Å²) in [5.41, 5.74) is 3.29. The quantitative estimate of drug-likeness (QED) is 0.731. The summed E-state index contributed by atoms with van der Waals surface area (Å²) in [6.45, 7) is 7.35. The molecule has 2 aromatic carbocycles. The predicted octanol–water partition coefficient (Wildman–Crippen LogP) is 3.81. The lowest BCUT2D eigenvalue weighted by molar-refractivity contribution is -0.121. The van der Waals surface area contributed by atoms with Crippen molar-refractivity contribution in [3.8, 4) is 0 Å². The molecule has 1 unspecified atom stereocenters. The number of aryl methyl sites for hydroxylation is 3. The molecule has 0 radical (unpaired) electrons. The van der Waals surface area contributed by atoms with Crippen molar-refractivity contribution >= 4 is 27.5 Å². The van der Waals surface area contributed by atoms with Crippen LogP contribution >= 0.6 is 11.6 Å². The molecule has 0 saturated heterocycles. The highest BCUT2D eigenvalue weighted by molar-refractivity contribution is 7.89. The Morgan fingerprint density at radius 1 is 1.11 bits per heavy atom. The van der Waals surface area contributed by atoms with Crippen LogP contribution in [0.5, 0.6) is 0 Å². The molecule has 0 aromatic heterocycles. The molecule has 2 N–H and O–H groups in total. The van der Waals surface area contributed by atoms with E-state index in [-0.39, 0.29) is 29.8 Å². The maximum absolute atomic E-state index is 12.6. The number of benzene rings is 2. The summed E-state index contributed by atoms with van der Waals surface area (Å²) in [5, 5.41) is 3.45. The number of halogens is 1. The molecule has 0 aliphatic carbocycles. The molecule has 0 aliphatic heterocycles. The van der Waals surface area contributed by atoms with Crippen molar-refractivity contribution in [2.45, 2.75) is 45.1 Å². The fourth-order valence-corrected chi connectivity index (χ4v) is 4.81. The molecule has 2 aromatic rings. The molecule has 0 spiro atoms. The topological polar surface area (TPSA) is 75.3 Å². The van der Waals surface area contributed by atoms with Crippen LogP contribution in [0.4, 0.5) is 0 Å². The van der Waals surface area contributed by atoms with Crippen LogP contribution in [0.15, 0.2) is 41.3 Å². The van der Waals surface area contributed by atoms with Gasteiger partial charge < -0.3 is 5.32 Å². The van der Waals surface area contributed by atoms with E-state index < -0.39 is 10.0 Å². The zero-order valence-corrected chi connectivity index (χ0v) is 17.5. The maximum atomic E-state index is 12.6. The van der Waals surface area contributed by atoms with Crippen LogP contribution in [-0.4, -0.2) is 20.9 Å². The molecule has 146 valence electrons. The fraction of sp³-hybridized carbons (Fsp3) is 0.350. The Morgan fingerprint density at radius 3 is 2.33 bits per heavy atom. The molecule has 0 heterocycles. The summed E-state index contributed by atoms with van der Waals surface area (Å²) < 4.78 is 27.7. The number of carbonyl (C=O) groups excluding carboxylic acids is 1. The van der Waals surface area contributed by atoms with Gasteiger partial charge in [-0.05, 0) is 56.5 Å². The lowest BCUT2D eigenvalue weighted by Crippen LogP contribution is -2.32. The molecular formula is C20H25ClN2O3S. The molecule has 2 rings (SSSR count). The highest BCUT2D eigenvalue weighted by Crippen LogP contribution is 2.21. The molecule has 0 fully saturated rings. The minimum absolute atomic E-state index is 0.0309. The third-order valence-corrected chi connectivity index (χ3v) is 6.24. The molecule has 7 heteroatoms. The van der Waals surface area contributed by atoms with E-state index in [0.29, 0.717) is 16.1 Å². The normalized spacial score (nSPS) is 12.6. The van der Waals surface area contributed by atoms with Gasteiger partial charge in [0.05, 0.1) is 10.9 Å². The number of sulfonamides is 1. The van der Waals surface area contributed by atoms with Gasteiger partial charge in [0.15, 0.2) is 0 Å². The molecule has 1 atom stereocenters. The van der Waals surface area contributed by atoms with Crippen LogP contribution in [0.2, 0.25) is 5.02 Å². The van der Waals surface area contributed by atoms with Gasteiger partial charge in [0.1, 0.15) is 0 Å². The van der Waals surface area contributed by atoms with Gasteiger partial charge in [0, 0.05) is 18.0 Å². The van der Waals surface area contributed by atoms with E-state index in [9.17, 15) is 13.2 Å². The fourth-order valence-electron chi connectivity index (χ4n) is 3.13. The molecule has 0 aliphatic rings. The number of carbonyl (C=O) groups is 1. The number of rotatable bonds is 7. The lowest BCUT2D eigenvalue weighted by Gasteiger charge is -2.15. The monoisotopic (exact) mass is 408 g/mol. The summed E-state index contributed by atoms with van der Waals surface area (Å²) >= 11 is 5.96. The van der Waals surface area contributed by atoms with E-state index in [1.165, 1.54) is 0 Å². The van der Waals surface area contributed by atoms with E-state index in [2.05, 4.69) is 10.0 Å². The second-order valence-corrected chi connectivity index (χ2v) is 8.86. The van der Waals surface area contributed by atoms with Gasteiger partial charge >= 0.3 is 0 Å². The molecular weight excluding hydrogens is 384 g/mol. The van der Waals surface area contributed by atoms with Gasteiger partial charge in [0.2, 0.25) is 15.9 Å². The van der Waals surface area contributed by atoms with Crippen molar-refractivity contribution in [3.05, 3.63) is 63.7 Å². The van der Waals surface area contributed by atoms with Crippen LogP contribution < -0.4 is 10.0 Å². The summed E-state index contributed by atoms with van der Waals surface area (Å²) in [6.07, 6.45) is 0.0497. The SMILES string of the molecule is Cc1cc(C)c(S(=O)(=O)NCCC(=O)NC(C)c2cccc(Cl)c2)c(C)c1. The molecule has 5 nitrogen and oxygen atoms in total. The van der Waals surface area contributed by atoms with Gasteiger partial charge in [-0.2, -0.15) is 0 Å². The number of nitrogens with one attached hydrogen (secondary N) is 2. The van der Waals surface area contributed by atoms with E-state index in [0.717, 1.165) is 11.1 Å². The van der Waals surface area contributed by atoms with Crippen molar-refractivity contribution in [1.29, 1.82) is 0 Å². The van der Waals surface area contributed by atoms with E-state index in [1.807, 2.05) is 38.1 Å². The maximum Gasteiger partial charge on any atom is 0.241 e. The van der Waals surface area contributed by atoms with Crippen LogP contribution in [0.1, 0.15) is 41.6 Å². The third-order valence-electron chi connectivity index (χ3n) is 4.24. The third kappa shape index (κ3) is 5.79. The summed E-state index contributed by atoms with van der Waals surface area (Å²) in [7, 11) is -3.67. The van der Waals surface area contributed by atoms with Crippen LogP contribution in [0.25, 0.3) is 0 Å². The van der Waals surface area contributed by atoms with Gasteiger partial charge in [-0.1, -0.05) is 41.4 Å². The average Bonchev–Trinajstić information content (AvgIpc) is 2.53. The van der Waals surface area contributed by atoms with Gasteiger partial charge in [-0.25, -0.2) is 13.1 Å². The highest BCUT2D eigenvalue weighted by atomic mass is 35.5. The smallest absolute Gasteiger partial charge is 0.241 e. The first kappa shape index (κ1) is 21.4. The zero-order valence-electron chi connectivity index (χ0n) is 16.0. The zero-order chi connectivity index (χ0) is 20.2. The van der Waals surface area contributed by atoms with Crippen LogP contribution in [-0.2, 0) is 14.8 Å². The second-order valence-electron chi connectivity index (χ2n) is 6.72. The van der Waals surface area contributed by atoms with Crippen molar-refractivity contribution in [2.75, 3.05) is 6.54 Å². The predicted molar refractivity (Wildman–Crippen MR) is 108 cm³/mol. The summed E-state index contributed by atoms with van der Waals surface area (Å²) in [4.78, 5) is 12.4. The van der Waals surface area contributed by atoms with Crippen molar-refractivity contribution in [1.82, 2.24) is 10.0 Å². The average molecular weight is 409 g/mol. The molecule has 1 amide bonds. The molecule has 0 bridgehead atoms. The van der Waals surface area contributed by atoms with Crippen molar-refractivity contribution < 1.29 is 13.2 Å². The van der Waals surface area contributed by atoms with E-state index >= 15 is 0 Å². The Labute approximate surface area is 166 Å². The Hall–Kier alpha value is -1.89. The number of amides is 1. The van der Waals surface area contributed by atoms with E-state index in [1.54, 1.807) is 26.0 Å². The van der Waals surface area contributed by atoms with Gasteiger partial charge in [-0.3, -0.25) is 4.79 Å². The number of hydrogen-bond donors (Lipinski definition) is 2.